The van der Waals surface area contributed by atoms with Crippen LogP contribution in [0.2, 0.25) is 5.02 Å². The Kier molecular flexibility index (Phi) is 7.85. The first-order valence-electron chi connectivity index (χ1n) is 12.5. The molecular formula is C26H37ClFN3O3. The number of carbonyl (C=O) groups excluding carboxylic acids is 2. The summed E-state index contributed by atoms with van der Waals surface area (Å²) in [6.45, 7) is 11.2. The van der Waals surface area contributed by atoms with Crippen LogP contribution in [0.5, 0.6) is 0 Å². The predicted octanol–water partition coefficient (Wildman–Crippen LogP) is 3.78. The lowest BCUT2D eigenvalue weighted by molar-refractivity contribution is -0.142. The molecule has 3 atom stereocenters. The van der Waals surface area contributed by atoms with Crippen LogP contribution in [0.25, 0.3) is 0 Å². The second-order valence-corrected chi connectivity index (χ2v) is 11.6. The van der Waals surface area contributed by atoms with Gasteiger partial charge in [0, 0.05) is 69.3 Å². The fraction of sp³-hybridized carbons (Fsp3) is 0.692. The highest BCUT2D eigenvalue weighted by atomic mass is 35.5. The van der Waals surface area contributed by atoms with Gasteiger partial charge in [-0.3, -0.25) is 14.5 Å². The molecule has 0 bridgehead atoms. The summed E-state index contributed by atoms with van der Waals surface area (Å²) < 4.78 is 20.5. The van der Waals surface area contributed by atoms with Crippen LogP contribution in [-0.4, -0.2) is 85.0 Å². The average molecular weight is 494 g/mol. The third kappa shape index (κ3) is 5.92. The number of halogens is 2. The lowest BCUT2D eigenvalue weighted by Gasteiger charge is -2.37. The predicted molar refractivity (Wildman–Crippen MR) is 130 cm³/mol. The van der Waals surface area contributed by atoms with Gasteiger partial charge in [-0.2, -0.15) is 0 Å². The van der Waals surface area contributed by atoms with E-state index < -0.39 is 0 Å². The van der Waals surface area contributed by atoms with E-state index in [1.54, 1.807) is 12.1 Å². The first-order valence-corrected chi connectivity index (χ1v) is 12.8. The lowest BCUT2D eigenvalue weighted by Crippen LogP contribution is -2.52. The van der Waals surface area contributed by atoms with Crippen molar-refractivity contribution in [1.82, 2.24) is 14.7 Å². The second-order valence-electron chi connectivity index (χ2n) is 11.1. The number of benzene rings is 1. The molecule has 0 unspecified atom stereocenters. The van der Waals surface area contributed by atoms with Crippen LogP contribution in [0.4, 0.5) is 4.39 Å². The molecule has 0 N–H and O–H groups in total. The van der Waals surface area contributed by atoms with Gasteiger partial charge in [-0.1, -0.05) is 38.4 Å². The van der Waals surface area contributed by atoms with Gasteiger partial charge in [-0.25, -0.2) is 4.39 Å². The zero-order valence-corrected chi connectivity index (χ0v) is 21.3. The summed E-state index contributed by atoms with van der Waals surface area (Å²) in [4.78, 5) is 32.3. The minimum absolute atomic E-state index is 0.0579. The SMILES string of the molecule is CC(C)(C)CCC(=O)N1CCN(C(=O)[C@@H]2CN([C@H]3CCOC3)C[C@H]2c2ccc(Cl)cc2F)CC1. The highest BCUT2D eigenvalue weighted by Gasteiger charge is 2.44. The number of carbonyl (C=O) groups is 2. The molecule has 1 aromatic rings. The molecule has 0 aromatic heterocycles. The summed E-state index contributed by atoms with van der Waals surface area (Å²) >= 11 is 5.99. The fourth-order valence-corrected chi connectivity index (χ4v) is 5.52. The van der Waals surface area contributed by atoms with E-state index in [1.165, 1.54) is 6.07 Å². The van der Waals surface area contributed by atoms with Crippen molar-refractivity contribution in [2.75, 3.05) is 52.5 Å². The van der Waals surface area contributed by atoms with E-state index in [2.05, 4.69) is 25.7 Å². The Hall–Kier alpha value is -1.70. The molecule has 188 valence electrons. The van der Waals surface area contributed by atoms with Gasteiger partial charge in [0.1, 0.15) is 5.82 Å². The van der Waals surface area contributed by atoms with Gasteiger partial charge < -0.3 is 14.5 Å². The monoisotopic (exact) mass is 493 g/mol. The van der Waals surface area contributed by atoms with Crippen LogP contribution in [0, 0.1) is 17.2 Å². The first kappa shape index (κ1) is 25.4. The van der Waals surface area contributed by atoms with Crippen molar-refractivity contribution in [2.45, 2.75) is 52.0 Å². The van der Waals surface area contributed by atoms with E-state index in [0.29, 0.717) is 62.9 Å². The van der Waals surface area contributed by atoms with Crippen LogP contribution in [0.3, 0.4) is 0 Å². The molecular weight excluding hydrogens is 457 g/mol. The van der Waals surface area contributed by atoms with Crippen molar-refractivity contribution in [3.8, 4) is 0 Å². The molecule has 8 heteroatoms. The van der Waals surface area contributed by atoms with Crippen LogP contribution >= 0.6 is 11.6 Å². The van der Waals surface area contributed by atoms with Crippen LogP contribution in [0.15, 0.2) is 18.2 Å². The maximum absolute atomic E-state index is 14.9. The minimum atomic E-state index is -0.353. The molecule has 3 fully saturated rings. The second kappa shape index (κ2) is 10.5. The third-order valence-corrected chi connectivity index (χ3v) is 7.72. The lowest BCUT2D eigenvalue weighted by atomic mass is 9.87. The highest BCUT2D eigenvalue weighted by molar-refractivity contribution is 6.30. The standard InChI is InChI=1S/C26H37ClFN3O3/c1-26(2,3)8-6-24(32)29-9-11-30(12-10-29)25(33)22-16-31(19-7-13-34-17-19)15-21(22)20-5-4-18(27)14-23(20)28/h4-5,14,19,21-22H,6-13,15-17H2,1-3H3/t19-,21-,22+/m0/s1. The Morgan fingerprint density at radius 3 is 2.44 bits per heavy atom. The van der Waals surface area contributed by atoms with Gasteiger partial charge in [-0.15, -0.1) is 0 Å². The molecule has 3 aliphatic rings. The number of likely N-dealkylation sites (tertiary alicyclic amines) is 1. The van der Waals surface area contributed by atoms with E-state index in [-0.39, 0.29) is 40.9 Å². The third-order valence-electron chi connectivity index (χ3n) is 7.48. The zero-order valence-electron chi connectivity index (χ0n) is 20.6. The maximum atomic E-state index is 14.9. The fourth-order valence-electron chi connectivity index (χ4n) is 5.36. The number of piperazine rings is 1. The van der Waals surface area contributed by atoms with Gasteiger partial charge in [0.2, 0.25) is 11.8 Å². The minimum Gasteiger partial charge on any atom is -0.380 e. The number of amides is 2. The summed E-state index contributed by atoms with van der Waals surface area (Å²) in [5, 5.41) is 0.357. The summed E-state index contributed by atoms with van der Waals surface area (Å²) in [6, 6.07) is 5.03. The van der Waals surface area contributed by atoms with Gasteiger partial charge in [0.25, 0.3) is 0 Å². The van der Waals surface area contributed by atoms with Crippen molar-refractivity contribution in [2.24, 2.45) is 11.3 Å². The molecule has 0 spiro atoms. The Bertz CT molecular complexity index is 892. The molecule has 1 aromatic carbocycles. The van der Waals surface area contributed by atoms with Crippen molar-refractivity contribution >= 4 is 23.4 Å². The van der Waals surface area contributed by atoms with Crippen molar-refractivity contribution in [1.29, 1.82) is 0 Å². The zero-order chi connectivity index (χ0) is 24.5. The van der Waals surface area contributed by atoms with E-state index in [1.807, 2.05) is 9.80 Å². The van der Waals surface area contributed by atoms with E-state index >= 15 is 0 Å². The summed E-state index contributed by atoms with van der Waals surface area (Å²) in [7, 11) is 0. The number of hydrogen-bond donors (Lipinski definition) is 0. The smallest absolute Gasteiger partial charge is 0.227 e. The largest absolute Gasteiger partial charge is 0.380 e. The molecule has 2 amide bonds. The first-order chi connectivity index (χ1) is 16.1. The Labute approximate surface area is 207 Å². The summed E-state index contributed by atoms with van der Waals surface area (Å²) in [6.07, 6.45) is 2.32. The van der Waals surface area contributed by atoms with Crippen LogP contribution < -0.4 is 0 Å². The van der Waals surface area contributed by atoms with E-state index in [4.69, 9.17) is 16.3 Å². The van der Waals surface area contributed by atoms with Gasteiger partial charge in [-0.05, 0) is 36.0 Å². The molecule has 0 aliphatic carbocycles. The molecule has 34 heavy (non-hydrogen) atoms. The average Bonchev–Trinajstić information content (AvgIpc) is 3.47. The molecule has 6 nitrogen and oxygen atoms in total. The van der Waals surface area contributed by atoms with Crippen molar-refractivity contribution in [3.05, 3.63) is 34.6 Å². The van der Waals surface area contributed by atoms with Gasteiger partial charge in [0.05, 0.1) is 12.5 Å². The van der Waals surface area contributed by atoms with Gasteiger partial charge in [0.15, 0.2) is 0 Å². The summed E-state index contributed by atoms with van der Waals surface area (Å²) in [5.41, 5.74) is 0.679. The van der Waals surface area contributed by atoms with Crippen molar-refractivity contribution < 1.29 is 18.7 Å². The van der Waals surface area contributed by atoms with Crippen LogP contribution in [-0.2, 0) is 14.3 Å². The number of rotatable bonds is 5. The Balaban J connectivity index is 1.43. The van der Waals surface area contributed by atoms with E-state index in [0.717, 1.165) is 19.4 Å². The number of hydrogen-bond acceptors (Lipinski definition) is 4. The van der Waals surface area contributed by atoms with E-state index in [9.17, 15) is 14.0 Å². The van der Waals surface area contributed by atoms with Gasteiger partial charge >= 0.3 is 0 Å². The molecule has 0 radical (unpaired) electrons. The maximum Gasteiger partial charge on any atom is 0.227 e. The number of nitrogens with zero attached hydrogens (tertiary/aromatic N) is 3. The topological polar surface area (TPSA) is 53.1 Å². The van der Waals surface area contributed by atoms with Crippen molar-refractivity contribution in [3.63, 3.8) is 0 Å². The molecule has 0 saturated carbocycles. The number of ether oxygens (including phenoxy) is 1. The quantitative estimate of drug-likeness (QED) is 0.626. The Morgan fingerprint density at radius 1 is 1.12 bits per heavy atom. The van der Waals surface area contributed by atoms with Crippen LogP contribution in [0.1, 0.15) is 51.5 Å². The normalized spacial score (nSPS) is 26.3. The Morgan fingerprint density at radius 2 is 1.82 bits per heavy atom. The molecule has 3 saturated heterocycles. The summed E-state index contributed by atoms with van der Waals surface area (Å²) in [5.74, 6) is -0.677. The molecule has 3 heterocycles. The molecule has 4 rings (SSSR count). The highest BCUT2D eigenvalue weighted by Crippen LogP contribution is 2.38. The molecule has 3 aliphatic heterocycles.